The molecule has 27 heavy (non-hydrogen) atoms. The number of rotatable bonds is 8. The van der Waals surface area contributed by atoms with Crippen molar-refractivity contribution in [1.29, 1.82) is 0 Å². The number of amides is 1. The average Bonchev–Trinajstić information content (AvgIpc) is 3.30. The third kappa shape index (κ3) is 5.50. The second kappa shape index (κ2) is 8.81. The van der Waals surface area contributed by atoms with Crippen LogP contribution in [-0.4, -0.2) is 55.5 Å². The number of halogens is 1. The van der Waals surface area contributed by atoms with Crippen LogP contribution in [0.25, 0.3) is 0 Å². The number of nitrogens with one attached hydrogen (secondary N) is 1. The first-order valence-corrected chi connectivity index (χ1v) is 10.8. The van der Waals surface area contributed by atoms with Crippen molar-refractivity contribution in [3.05, 3.63) is 41.0 Å². The molecule has 1 N–H and O–H groups in total. The van der Waals surface area contributed by atoms with Crippen LogP contribution < -0.4 is 5.32 Å². The fourth-order valence-corrected chi connectivity index (χ4v) is 4.19. The van der Waals surface area contributed by atoms with Crippen molar-refractivity contribution in [2.45, 2.75) is 29.9 Å². The maximum Gasteiger partial charge on any atom is 0.315 e. The molecular weight excluding hydrogens is 392 g/mol. The van der Waals surface area contributed by atoms with Crippen LogP contribution in [0.15, 0.2) is 33.7 Å². The highest BCUT2D eigenvalue weighted by molar-refractivity contribution is 7.90. The van der Waals surface area contributed by atoms with Crippen LogP contribution in [0.5, 0.6) is 0 Å². The van der Waals surface area contributed by atoms with E-state index in [2.05, 4.69) is 20.4 Å². The molecule has 2 heterocycles. The Morgan fingerprint density at radius 2 is 1.93 bits per heavy atom. The summed E-state index contributed by atoms with van der Waals surface area (Å²) in [4.78, 5) is 18.4. The zero-order chi connectivity index (χ0) is 19.3. The summed E-state index contributed by atoms with van der Waals surface area (Å²) in [5, 5.41) is 6.75. The molecule has 3 rings (SSSR count). The maximum absolute atomic E-state index is 12.4. The van der Waals surface area contributed by atoms with E-state index in [1.807, 2.05) is 0 Å². The Balaban J connectivity index is 1.51. The summed E-state index contributed by atoms with van der Waals surface area (Å²) >= 11 is 5.77. The topological polar surface area (TPSA) is 105 Å². The van der Waals surface area contributed by atoms with E-state index < -0.39 is 21.5 Å². The molecule has 146 valence electrons. The highest BCUT2D eigenvalue weighted by Crippen LogP contribution is 2.18. The van der Waals surface area contributed by atoms with Gasteiger partial charge in [0, 0.05) is 11.6 Å². The lowest BCUT2D eigenvalue weighted by Crippen LogP contribution is -2.28. The van der Waals surface area contributed by atoms with E-state index in [0.717, 1.165) is 26.1 Å². The van der Waals surface area contributed by atoms with Crippen LogP contribution >= 0.6 is 11.6 Å². The normalized spacial score (nSPS) is 15.1. The fraction of sp³-hybridized carbons (Fsp3) is 0.471. The summed E-state index contributed by atoms with van der Waals surface area (Å²) in [7, 11) is -3.65. The minimum Gasteiger partial charge on any atom is -0.348 e. The van der Waals surface area contributed by atoms with E-state index in [1.54, 1.807) is 0 Å². The van der Waals surface area contributed by atoms with Crippen molar-refractivity contribution in [3.8, 4) is 0 Å². The summed E-state index contributed by atoms with van der Waals surface area (Å²) in [6.45, 7) is 3.66. The number of sulfone groups is 1. The van der Waals surface area contributed by atoms with Crippen molar-refractivity contribution >= 4 is 27.3 Å². The Labute approximate surface area is 162 Å². The second-order valence-corrected chi connectivity index (χ2v) is 8.81. The van der Waals surface area contributed by atoms with Gasteiger partial charge in [-0.2, -0.15) is 4.98 Å². The number of aromatic nitrogens is 2. The molecule has 0 unspecified atom stereocenters. The van der Waals surface area contributed by atoms with Gasteiger partial charge in [-0.15, -0.1) is 0 Å². The number of carbonyl (C=O) groups is 1. The Hall–Kier alpha value is -1.97. The predicted molar refractivity (Wildman–Crippen MR) is 99.3 cm³/mol. The number of hydrogen-bond donors (Lipinski definition) is 1. The average molecular weight is 413 g/mol. The molecular formula is C17H21ClN4O4S. The molecule has 0 atom stereocenters. The molecule has 1 amide bonds. The molecule has 1 fully saturated rings. The standard InChI is InChI=1S/C17H21ClN4O4S/c18-13-4-6-14(7-5-13)27(24,25)12-15-20-17(26-21-15)16(23)19-8-3-11-22-9-1-2-10-22/h4-7H,1-3,8-12H2,(H,19,23). The van der Waals surface area contributed by atoms with Gasteiger partial charge in [-0.25, -0.2) is 8.42 Å². The van der Waals surface area contributed by atoms with E-state index in [0.29, 0.717) is 11.6 Å². The SMILES string of the molecule is O=C(NCCCN1CCCC1)c1nc(CS(=O)(=O)c2ccc(Cl)cc2)no1. The van der Waals surface area contributed by atoms with Crippen LogP contribution in [0.4, 0.5) is 0 Å². The summed E-state index contributed by atoms with van der Waals surface area (Å²) in [6, 6.07) is 5.80. The summed E-state index contributed by atoms with van der Waals surface area (Å²) in [6.07, 6.45) is 3.30. The molecule has 0 bridgehead atoms. The summed E-state index contributed by atoms with van der Waals surface area (Å²) in [5.74, 6) is -1.26. The highest BCUT2D eigenvalue weighted by atomic mass is 35.5. The number of likely N-dealkylation sites (tertiary alicyclic amines) is 1. The van der Waals surface area contributed by atoms with Crippen LogP contribution in [0, 0.1) is 0 Å². The molecule has 1 aliphatic heterocycles. The lowest BCUT2D eigenvalue weighted by atomic mass is 10.4. The van der Waals surface area contributed by atoms with Crippen molar-refractivity contribution < 1.29 is 17.7 Å². The molecule has 1 aromatic carbocycles. The van der Waals surface area contributed by atoms with Gasteiger partial charge in [0.05, 0.1) is 4.90 Å². The Kier molecular flexibility index (Phi) is 6.46. The lowest BCUT2D eigenvalue weighted by molar-refractivity contribution is 0.0908. The molecule has 2 aromatic rings. The molecule has 10 heteroatoms. The van der Waals surface area contributed by atoms with Crippen LogP contribution in [0.2, 0.25) is 5.02 Å². The quantitative estimate of drug-likeness (QED) is 0.660. The minimum atomic E-state index is -3.65. The third-order valence-electron chi connectivity index (χ3n) is 4.29. The first-order chi connectivity index (χ1) is 12.9. The smallest absolute Gasteiger partial charge is 0.315 e. The van der Waals surface area contributed by atoms with Crippen LogP contribution in [0.1, 0.15) is 35.8 Å². The van der Waals surface area contributed by atoms with Crippen molar-refractivity contribution in [2.75, 3.05) is 26.2 Å². The zero-order valence-corrected chi connectivity index (χ0v) is 16.3. The van der Waals surface area contributed by atoms with Crippen molar-refractivity contribution in [2.24, 2.45) is 0 Å². The molecule has 0 radical (unpaired) electrons. The van der Waals surface area contributed by atoms with E-state index in [9.17, 15) is 13.2 Å². The molecule has 0 saturated carbocycles. The molecule has 0 aliphatic carbocycles. The molecule has 1 aliphatic rings. The summed E-state index contributed by atoms with van der Waals surface area (Å²) in [5.41, 5.74) is 0. The predicted octanol–water partition coefficient (Wildman–Crippen LogP) is 1.91. The fourth-order valence-electron chi connectivity index (χ4n) is 2.89. The van der Waals surface area contributed by atoms with Gasteiger partial charge in [0.1, 0.15) is 5.75 Å². The third-order valence-corrected chi connectivity index (χ3v) is 6.17. The number of carbonyl (C=O) groups excluding carboxylic acids is 1. The molecule has 8 nitrogen and oxygen atoms in total. The Morgan fingerprint density at radius 1 is 1.22 bits per heavy atom. The lowest BCUT2D eigenvalue weighted by Gasteiger charge is -2.13. The second-order valence-electron chi connectivity index (χ2n) is 6.39. The molecule has 1 saturated heterocycles. The van der Waals surface area contributed by atoms with Crippen molar-refractivity contribution in [1.82, 2.24) is 20.4 Å². The van der Waals surface area contributed by atoms with Crippen LogP contribution in [-0.2, 0) is 15.6 Å². The van der Waals surface area contributed by atoms with E-state index in [4.69, 9.17) is 16.1 Å². The van der Waals surface area contributed by atoms with Gasteiger partial charge in [0.15, 0.2) is 15.7 Å². The van der Waals surface area contributed by atoms with Crippen LogP contribution in [0.3, 0.4) is 0 Å². The first kappa shape index (κ1) is 19.8. The van der Waals surface area contributed by atoms with Gasteiger partial charge in [-0.1, -0.05) is 16.8 Å². The maximum atomic E-state index is 12.4. The van der Waals surface area contributed by atoms with Gasteiger partial charge in [0.2, 0.25) is 0 Å². The van der Waals surface area contributed by atoms with E-state index in [1.165, 1.54) is 37.1 Å². The van der Waals surface area contributed by atoms with Gasteiger partial charge in [-0.3, -0.25) is 4.79 Å². The monoisotopic (exact) mass is 412 g/mol. The van der Waals surface area contributed by atoms with Gasteiger partial charge in [-0.05, 0) is 63.2 Å². The number of benzene rings is 1. The Bertz CT molecular complexity index is 877. The zero-order valence-electron chi connectivity index (χ0n) is 14.7. The van der Waals surface area contributed by atoms with Gasteiger partial charge >= 0.3 is 11.8 Å². The van der Waals surface area contributed by atoms with Gasteiger partial charge < -0.3 is 14.7 Å². The largest absolute Gasteiger partial charge is 0.348 e. The van der Waals surface area contributed by atoms with E-state index >= 15 is 0 Å². The minimum absolute atomic E-state index is 0.0628. The summed E-state index contributed by atoms with van der Waals surface area (Å²) < 4.78 is 29.6. The molecule has 0 spiro atoms. The van der Waals surface area contributed by atoms with E-state index in [-0.39, 0.29) is 16.6 Å². The van der Waals surface area contributed by atoms with Crippen molar-refractivity contribution in [3.63, 3.8) is 0 Å². The highest BCUT2D eigenvalue weighted by Gasteiger charge is 2.21. The Morgan fingerprint density at radius 3 is 2.63 bits per heavy atom. The first-order valence-electron chi connectivity index (χ1n) is 8.75. The molecule has 1 aromatic heterocycles. The number of hydrogen-bond acceptors (Lipinski definition) is 7. The van der Waals surface area contributed by atoms with Gasteiger partial charge in [0.25, 0.3) is 0 Å². The number of nitrogens with zero attached hydrogens (tertiary/aromatic N) is 3.